The van der Waals surface area contributed by atoms with Crippen LogP contribution in [0.2, 0.25) is 0 Å². The van der Waals surface area contributed by atoms with E-state index in [0.717, 1.165) is 11.1 Å². The van der Waals surface area contributed by atoms with E-state index in [0.29, 0.717) is 36.5 Å². The van der Waals surface area contributed by atoms with Crippen molar-refractivity contribution in [1.82, 2.24) is 14.8 Å². The van der Waals surface area contributed by atoms with Crippen molar-refractivity contribution in [3.8, 4) is 11.9 Å². The molecule has 1 aliphatic carbocycles. The number of nitrogen functional groups attached to an aromatic ring is 1. The molecule has 7 nitrogen and oxygen atoms in total. The van der Waals surface area contributed by atoms with E-state index in [9.17, 15) is 10.4 Å². The molecule has 0 aliphatic heterocycles. The van der Waals surface area contributed by atoms with Gasteiger partial charge in [0.15, 0.2) is 5.82 Å². The smallest absolute Gasteiger partial charge is 0.227 e. The van der Waals surface area contributed by atoms with Gasteiger partial charge in [0, 0.05) is 6.20 Å². The zero-order valence-electron chi connectivity index (χ0n) is 16.1. The van der Waals surface area contributed by atoms with Gasteiger partial charge in [-0.25, -0.2) is 4.98 Å². The van der Waals surface area contributed by atoms with Gasteiger partial charge in [0.05, 0.1) is 29.6 Å². The van der Waals surface area contributed by atoms with Crippen LogP contribution in [0, 0.1) is 17.2 Å². The van der Waals surface area contributed by atoms with Crippen molar-refractivity contribution in [1.29, 1.82) is 5.26 Å². The van der Waals surface area contributed by atoms with Crippen molar-refractivity contribution < 1.29 is 9.84 Å². The number of nitrogens with zero attached hydrogens (tertiary/aromatic N) is 4. The molecular weight excluding hydrogens is 354 g/mol. The second kappa shape index (κ2) is 8.72. The van der Waals surface area contributed by atoms with Gasteiger partial charge in [-0.2, -0.15) is 10.4 Å². The Morgan fingerprint density at radius 1 is 1.25 bits per heavy atom. The lowest BCUT2D eigenvalue weighted by Crippen LogP contribution is -2.14. The van der Waals surface area contributed by atoms with E-state index >= 15 is 0 Å². The zero-order valence-corrected chi connectivity index (χ0v) is 16.1. The van der Waals surface area contributed by atoms with Crippen molar-refractivity contribution in [3.05, 3.63) is 48.2 Å². The third kappa shape index (κ3) is 3.78. The van der Waals surface area contributed by atoms with Crippen LogP contribution in [0.5, 0.6) is 5.88 Å². The molecule has 1 aromatic carbocycles. The second-order valence-corrected chi connectivity index (χ2v) is 6.54. The molecule has 2 aromatic heterocycles. The molecule has 1 aliphatic rings. The van der Waals surface area contributed by atoms with Crippen LogP contribution >= 0.6 is 0 Å². The van der Waals surface area contributed by atoms with Crippen molar-refractivity contribution in [2.24, 2.45) is 5.92 Å². The number of rotatable bonds is 4. The number of hydrogen-bond acceptors (Lipinski definition) is 6. The Kier molecular flexibility index (Phi) is 6.12. The molecule has 7 heteroatoms. The average molecular weight is 379 g/mol. The molecule has 3 aromatic rings. The van der Waals surface area contributed by atoms with Crippen LogP contribution in [-0.4, -0.2) is 26.0 Å². The minimum atomic E-state index is -0.499. The van der Waals surface area contributed by atoms with E-state index in [1.165, 1.54) is 0 Å². The number of anilines is 1. The Morgan fingerprint density at radius 3 is 2.71 bits per heavy atom. The van der Waals surface area contributed by atoms with Crippen LogP contribution in [0.4, 0.5) is 5.82 Å². The van der Waals surface area contributed by atoms with Crippen molar-refractivity contribution in [2.45, 2.75) is 45.4 Å². The van der Waals surface area contributed by atoms with Gasteiger partial charge in [-0.15, -0.1) is 0 Å². The van der Waals surface area contributed by atoms with E-state index in [1.807, 2.05) is 50.2 Å². The van der Waals surface area contributed by atoms with Crippen LogP contribution < -0.4 is 10.5 Å². The Bertz CT molecular complexity index is 964. The molecule has 0 spiro atoms. The summed E-state index contributed by atoms with van der Waals surface area (Å²) in [5, 5.41) is 24.4. The second-order valence-electron chi connectivity index (χ2n) is 6.54. The predicted octanol–water partition coefficient (Wildman–Crippen LogP) is 3.45. The number of hydrogen-bond donors (Lipinski definition) is 2. The van der Waals surface area contributed by atoms with Gasteiger partial charge in [-0.3, -0.25) is 4.68 Å². The summed E-state index contributed by atoms with van der Waals surface area (Å²) in [6, 6.07) is 13.7. The molecule has 0 saturated heterocycles. The highest BCUT2D eigenvalue weighted by Crippen LogP contribution is 2.39. The lowest BCUT2D eigenvalue weighted by molar-refractivity contribution is 0.176. The first-order valence-electron chi connectivity index (χ1n) is 9.54. The fourth-order valence-corrected chi connectivity index (χ4v) is 3.57. The number of fused-ring (bicyclic) bond motifs is 1. The highest BCUT2D eigenvalue weighted by molar-refractivity contribution is 5.93. The minimum Gasteiger partial charge on any atom is -0.472 e. The number of benzene rings is 1. The topological polar surface area (TPSA) is 110 Å². The van der Waals surface area contributed by atoms with Crippen LogP contribution in [0.15, 0.2) is 42.6 Å². The first kappa shape index (κ1) is 19.6. The number of nitrogens with two attached hydrogens (primary N) is 1. The molecule has 1 saturated carbocycles. The Balaban J connectivity index is 0.00000109. The average Bonchev–Trinajstić information content (AvgIpc) is 3.28. The highest BCUT2D eigenvalue weighted by atomic mass is 16.5. The van der Waals surface area contributed by atoms with Crippen LogP contribution in [0.3, 0.4) is 0 Å². The number of ether oxygens (including phenoxy) is 1. The monoisotopic (exact) mass is 379 g/mol. The molecule has 0 radical (unpaired) electrons. The van der Waals surface area contributed by atoms with Gasteiger partial charge >= 0.3 is 0 Å². The van der Waals surface area contributed by atoms with Crippen molar-refractivity contribution in [3.63, 3.8) is 0 Å². The maximum absolute atomic E-state index is 9.95. The lowest BCUT2D eigenvalue weighted by atomic mass is 10.1. The van der Waals surface area contributed by atoms with Crippen LogP contribution in [0.1, 0.15) is 38.3 Å². The molecular formula is C21H25N5O2. The zero-order chi connectivity index (χ0) is 20.1. The van der Waals surface area contributed by atoms with Gasteiger partial charge in [0.25, 0.3) is 0 Å². The van der Waals surface area contributed by atoms with Gasteiger partial charge in [0.1, 0.15) is 12.0 Å². The summed E-state index contributed by atoms with van der Waals surface area (Å²) >= 11 is 0. The van der Waals surface area contributed by atoms with Gasteiger partial charge in [-0.1, -0.05) is 44.2 Å². The number of aromatic nitrogens is 3. The number of aliphatic hydroxyl groups is 1. The van der Waals surface area contributed by atoms with Crippen molar-refractivity contribution >= 4 is 16.7 Å². The van der Waals surface area contributed by atoms with E-state index in [2.05, 4.69) is 16.2 Å². The van der Waals surface area contributed by atoms with Gasteiger partial charge in [-0.05, 0) is 24.5 Å². The fourth-order valence-electron chi connectivity index (χ4n) is 3.57. The predicted molar refractivity (Wildman–Crippen MR) is 107 cm³/mol. The Morgan fingerprint density at radius 2 is 2.00 bits per heavy atom. The first-order chi connectivity index (χ1) is 13.7. The Labute approximate surface area is 164 Å². The van der Waals surface area contributed by atoms with Gasteiger partial charge in [0.2, 0.25) is 5.88 Å². The normalized spacial score (nSPS) is 21.0. The van der Waals surface area contributed by atoms with Crippen LogP contribution in [0.25, 0.3) is 10.9 Å². The summed E-state index contributed by atoms with van der Waals surface area (Å²) in [5.74, 6) is 0.436. The summed E-state index contributed by atoms with van der Waals surface area (Å²) in [7, 11) is 0. The maximum atomic E-state index is 9.95. The maximum Gasteiger partial charge on any atom is 0.227 e. The SMILES string of the molecule is CC.N#CC1CC(O)CC1n1nc(N)c2c(OCc3ccccc3)nccc21. The molecule has 1 fully saturated rings. The van der Waals surface area contributed by atoms with Gasteiger partial charge < -0.3 is 15.6 Å². The highest BCUT2D eigenvalue weighted by Gasteiger charge is 2.36. The Hall–Kier alpha value is -3.11. The molecule has 0 amide bonds. The quantitative estimate of drug-likeness (QED) is 0.718. The summed E-state index contributed by atoms with van der Waals surface area (Å²) in [5.41, 5.74) is 7.93. The number of pyridine rings is 1. The summed E-state index contributed by atoms with van der Waals surface area (Å²) in [6.45, 7) is 4.38. The molecule has 3 N–H and O–H groups in total. The number of aliphatic hydroxyl groups excluding tert-OH is 1. The summed E-state index contributed by atoms with van der Waals surface area (Å²) in [4.78, 5) is 4.31. The molecule has 146 valence electrons. The van der Waals surface area contributed by atoms with E-state index in [1.54, 1.807) is 10.9 Å². The van der Waals surface area contributed by atoms with E-state index in [4.69, 9.17) is 10.5 Å². The first-order valence-corrected chi connectivity index (χ1v) is 9.54. The fraction of sp³-hybridized carbons (Fsp3) is 0.381. The standard InChI is InChI=1S/C19H19N5O2.C2H6/c20-10-13-8-14(25)9-16(13)24-15-6-7-22-19(17(15)18(21)23-24)26-11-12-4-2-1-3-5-12;1-2/h1-7,13-14,16,25H,8-9,11H2,(H2,21,23);1-2H3. The minimum absolute atomic E-state index is 0.209. The summed E-state index contributed by atoms with van der Waals surface area (Å²) < 4.78 is 7.62. The van der Waals surface area contributed by atoms with Crippen LogP contribution in [-0.2, 0) is 6.61 Å². The molecule has 4 rings (SSSR count). The molecule has 3 unspecified atom stereocenters. The molecule has 0 bridgehead atoms. The third-order valence-electron chi connectivity index (χ3n) is 4.82. The lowest BCUT2D eigenvalue weighted by Gasteiger charge is -2.15. The largest absolute Gasteiger partial charge is 0.472 e. The number of nitriles is 1. The molecule has 28 heavy (non-hydrogen) atoms. The van der Waals surface area contributed by atoms with E-state index < -0.39 is 6.10 Å². The molecule has 2 heterocycles. The van der Waals surface area contributed by atoms with E-state index in [-0.39, 0.29) is 12.0 Å². The summed E-state index contributed by atoms with van der Waals surface area (Å²) in [6.07, 6.45) is 2.08. The molecule has 3 atom stereocenters. The van der Waals surface area contributed by atoms with Crippen molar-refractivity contribution in [2.75, 3.05) is 5.73 Å². The third-order valence-corrected chi connectivity index (χ3v) is 4.82.